The van der Waals surface area contributed by atoms with Crippen LogP contribution in [0.1, 0.15) is 91.9 Å². The van der Waals surface area contributed by atoms with Crippen LogP contribution in [-0.2, 0) is 23.4 Å². The first-order valence-corrected chi connectivity index (χ1v) is 12.7. The van der Waals surface area contributed by atoms with Gasteiger partial charge < -0.3 is 9.47 Å². The summed E-state index contributed by atoms with van der Waals surface area (Å²) in [7, 11) is -0.769. The molecule has 0 spiro atoms. The maximum absolute atomic E-state index is 12.7. The molecular weight excluding hydrogens is 405 g/mol. The van der Waals surface area contributed by atoms with E-state index in [1.807, 2.05) is 0 Å². The van der Waals surface area contributed by atoms with Gasteiger partial charge in [-0.2, -0.15) is 0 Å². The summed E-state index contributed by atoms with van der Waals surface area (Å²) in [6.07, 6.45) is 8.70. The second kappa shape index (κ2) is 14.0. The van der Waals surface area contributed by atoms with Crippen LogP contribution in [0.2, 0.25) is 0 Å². The molecule has 1 saturated carbocycles. The minimum Gasteiger partial charge on any atom is -0.469 e. The van der Waals surface area contributed by atoms with Gasteiger partial charge in [-0.1, -0.05) is 45.4 Å². The highest BCUT2D eigenvalue weighted by Crippen LogP contribution is 2.34. The van der Waals surface area contributed by atoms with Crippen molar-refractivity contribution in [1.29, 1.82) is 0 Å². The molecule has 0 saturated heterocycles. The van der Waals surface area contributed by atoms with Crippen molar-refractivity contribution >= 4 is 20.1 Å². The molecule has 3 unspecified atom stereocenters. The molecule has 0 aromatic rings. The lowest BCUT2D eigenvalue weighted by Gasteiger charge is -2.21. The van der Waals surface area contributed by atoms with Gasteiger partial charge in [-0.05, 0) is 56.9 Å². The summed E-state index contributed by atoms with van der Waals surface area (Å²) in [6, 6.07) is 0. The number of carbonyl (C=O) groups excluding carboxylic acids is 2. The van der Waals surface area contributed by atoms with E-state index < -0.39 is 31.9 Å². The number of ether oxygens (including phenoxy) is 2. The Morgan fingerprint density at radius 2 is 1.80 bits per heavy atom. The first-order chi connectivity index (χ1) is 14.1. The van der Waals surface area contributed by atoms with E-state index in [9.17, 15) is 14.2 Å². The second-order valence-corrected chi connectivity index (χ2v) is 10.4. The molecule has 1 aliphatic carbocycles. The Balaban J connectivity index is 2.63. The van der Waals surface area contributed by atoms with Crippen LogP contribution in [-0.4, -0.2) is 37.2 Å². The van der Waals surface area contributed by atoms with Crippen molar-refractivity contribution in [1.82, 2.24) is 5.32 Å². The fraction of sp³-hybridized carbons (Fsp3) is 0.909. The van der Waals surface area contributed by atoms with E-state index >= 15 is 0 Å². The van der Waals surface area contributed by atoms with Crippen LogP contribution in [0, 0.1) is 11.8 Å². The molecule has 1 amide bonds. The van der Waals surface area contributed by atoms with Crippen molar-refractivity contribution in [3.05, 3.63) is 0 Å². The molecule has 1 fully saturated rings. The molecular formula is C22H41NO6P+. The smallest absolute Gasteiger partial charge is 0.469 e. The predicted octanol–water partition coefficient (Wildman–Crippen LogP) is 5.94. The molecule has 8 heteroatoms. The fourth-order valence-corrected chi connectivity index (χ4v) is 4.94. The number of nitrogens with one attached hydrogen (secondary N) is 1. The third-order valence-corrected chi connectivity index (χ3v) is 6.52. The van der Waals surface area contributed by atoms with Crippen LogP contribution < -0.4 is 5.32 Å². The molecule has 3 atom stereocenters. The maximum atomic E-state index is 12.7. The number of methoxy groups -OCH3 is 1. The first kappa shape index (κ1) is 26.8. The lowest BCUT2D eigenvalue weighted by Crippen LogP contribution is -2.39. The summed E-state index contributed by atoms with van der Waals surface area (Å²) in [5.41, 5.74) is -0.629. The zero-order valence-corrected chi connectivity index (χ0v) is 20.3. The largest absolute Gasteiger partial charge is 0.511 e. The molecule has 7 nitrogen and oxygen atoms in total. The molecule has 30 heavy (non-hydrogen) atoms. The zero-order chi connectivity index (χ0) is 22.6. The number of hydrogen-bond donors (Lipinski definition) is 1. The van der Waals surface area contributed by atoms with Crippen LogP contribution in [0.15, 0.2) is 0 Å². The maximum Gasteiger partial charge on any atom is 0.511 e. The number of carbonyl (C=O) groups is 2. The van der Waals surface area contributed by atoms with Gasteiger partial charge in [0.05, 0.1) is 7.11 Å². The molecule has 1 aliphatic rings. The SMILES string of the molecule is CCCCCC(NC(=O)OC(C)(C)C)O[P+](=O)CC(CCC1CCCC1)C(=O)OC. The highest BCUT2D eigenvalue weighted by Gasteiger charge is 2.35. The van der Waals surface area contributed by atoms with Crippen molar-refractivity contribution in [3.63, 3.8) is 0 Å². The van der Waals surface area contributed by atoms with Crippen LogP contribution in [0.25, 0.3) is 0 Å². The van der Waals surface area contributed by atoms with Crippen molar-refractivity contribution in [2.24, 2.45) is 11.8 Å². The lowest BCUT2D eigenvalue weighted by atomic mass is 9.96. The lowest BCUT2D eigenvalue weighted by molar-refractivity contribution is -0.145. The van der Waals surface area contributed by atoms with Gasteiger partial charge in [-0.3, -0.25) is 10.1 Å². The number of hydrogen-bond acceptors (Lipinski definition) is 6. The Bertz CT molecular complexity index is 542. The summed E-state index contributed by atoms with van der Waals surface area (Å²) in [5.74, 6) is -0.147. The predicted molar refractivity (Wildman–Crippen MR) is 118 cm³/mol. The quantitative estimate of drug-likeness (QED) is 0.163. The number of alkyl carbamates (subject to hydrolysis) is 1. The number of esters is 1. The molecule has 0 heterocycles. The Hall–Kier alpha value is -1.20. The highest BCUT2D eigenvalue weighted by molar-refractivity contribution is 7.39. The van der Waals surface area contributed by atoms with Gasteiger partial charge in [0.2, 0.25) is 0 Å². The normalized spacial score (nSPS) is 17.3. The van der Waals surface area contributed by atoms with Crippen molar-refractivity contribution in [2.45, 2.75) is 104 Å². The van der Waals surface area contributed by atoms with E-state index in [1.54, 1.807) is 20.8 Å². The Morgan fingerprint density at radius 3 is 2.37 bits per heavy atom. The van der Waals surface area contributed by atoms with Crippen LogP contribution >= 0.6 is 8.03 Å². The summed E-state index contributed by atoms with van der Waals surface area (Å²) in [5, 5.41) is 2.67. The number of rotatable bonds is 13. The number of amides is 1. The summed E-state index contributed by atoms with van der Waals surface area (Å²) < 4.78 is 28.6. The third kappa shape index (κ3) is 11.8. The Kier molecular flexibility index (Phi) is 12.5. The monoisotopic (exact) mass is 446 g/mol. The topological polar surface area (TPSA) is 90.9 Å². The van der Waals surface area contributed by atoms with Crippen molar-refractivity contribution in [2.75, 3.05) is 13.3 Å². The van der Waals surface area contributed by atoms with Crippen LogP contribution in [0.3, 0.4) is 0 Å². The first-order valence-electron chi connectivity index (χ1n) is 11.3. The molecule has 0 radical (unpaired) electrons. The van der Waals surface area contributed by atoms with Gasteiger partial charge in [0.15, 0.2) is 12.4 Å². The van der Waals surface area contributed by atoms with E-state index in [2.05, 4.69) is 12.2 Å². The van der Waals surface area contributed by atoms with Gasteiger partial charge in [-0.25, -0.2) is 4.79 Å². The van der Waals surface area contributed by atoms with E-state index in [4.69, 9.17) is 14.0 Å². The van der Waals surface area contributed by atoms with Gasteiger partial charge in [0.25, 0.3) is 0 Å². The molecule has 1 rings (SSSR count). The molecule has 0 bridgehead atoms. The average Bonchev–Trinajstić information content (AvgIpc) is 3.16. The van der Waals surface area contributed by atoms with E-state index in [-0.39, 0.29) is 12.1 Å². The van der Waals surface area contributed by atoms with Crippen LogP contribution in [0.5, 0.6) is 0 Å². The summed E-state index contributed by atoms with van der Waals surface area (Å²) in [4.78, 5) is 24.3. The standard InChI is InChI=1S/C22H40NO6P/c1-6-7-8-13-19(23-21(25)28-22(2,3)4)29-30(26)16-18(20(24)27-5)15-14-17-11-9-10-12-17/h17-19H,6-16H2,1-5H3/p+1. The highest BCUT2D eigenvalue weighted by atomic mass is 31.1. The minimum atomic E-state index is -2.13. The van der Waals surface area contributed by atoms with E-state index in [0.29, 0.717) is 18.8 Å². The third-order valence-electron chi connectivity index (χ3n) is 5.29. The number of unbranched alkanes of at least 4 members (excludes halogenated alkanes) is 2. The van der Waals surface area contributed by atoms with Crippen LogP contribution in [0.4, 0.5) is 4.79 Å². The van der Waals surface area contributed by atoms with Gasteiger partial charge >= 0.3 is 20.1 Å². The molecule has 174 valence electrons. The molecule has 1 N–H and O–H groups in total. The van der Waals surface area contributed by atoms with Crippen molar-refractivity contribution < 1.29 is 28.2 Å². The molecule has 0 aromatic heterocycles. The Morgan fingerprint density at radius 1 is 1.13 bits per heavy atom. The summed E-state index contributed by atoms with van der Waals surface area (Å²) in [6.45, 7) is 7.44. The molecule has 0 aromatic carbocycles. The molecule has 0 aliphatic heterocycles. The van der Waals surface area contributed by atoms with Crippen molar-refractivity contribution in [3.8, 4) is 0 Å². The average molecular weight is 447 g/mol. The second-order valence-electron chi connectivity index (χ2n) is 9.20. The van der Waals surface area contributed by atoms with Gasteiger partial charge in [0.1, 0.15) is 11.5 Å². The Labute approximate surface area is 182 Å². The van der Waals surface area contributed by atoms with E-state index in [0.717, 1.165) is 25.7 Å². The van der Waals surface area contributed by atoms with Gasteiger partial charge in [0, 0.05) is 0 Å². The minimum absolute atomic E-state index is 0.106. The summed E-state index contributed by atoms with van der Waals surface area (Å²) >= 11 is 0. The van der Waals surface area contributed by atoms with Gasteiger partial charge in [-0.15, -0.1) is 4.52 Å². The van der Waals surface area contributed by atoms with E-state index in [1.165, 1.54) is 32.8 Å². The zero-order valence-electron chi connectivity index (χ0n) is 19.4. The fourth-order valence-electron chi connectivity index (χ4n) is 3.72.